The van der Waals surface area contributed by atoms with Crippen LogP contribution in [0.1, 0.15) is 15.9 Å². The maximum Gasteiger partial charge on any atom is 0.259 e. The van der Waals surface area contributed by atoms with E-state index in [-0.39, 0.29) is 17.3 Å². The van der Waals surface area contributed by atoms with Gasteiger partial charge in [-0.1, -0.05) is 41.9 Å². The topological polar surface area (TPSA) is 104 Å². The summed E-state index contributed by atoms with van der Waals surface area (Å²) in [4.78, 5) is 20.0. The first kappa shape index (κ1) is 22.2. The van der Waals surface area contributed by atoms with Crippen molar-refractivity contribution in [2.24, 2.45) is 0 Å². The van der Waals surface area contributed by atoms with E-state index in [0.29, 0.717) is 57.7 Å². The molecule has 0 unspecified atom stereocenters. The van der Waals surface area contributed by atoms with E-state index in [0.717, 1.165) is 11.3 Å². The lowest BCUT2D eigenvalue weighted by Crippen LogP contribution is -2.40. The third-order valence-electron chi connectivity index (χ3n) is 5.64. The average Bonchev–Trinajstić information content (AvgIpc) is 3.21. The summed E-state index contributed by atoms with van der Waals surface area (Å²) in [6.07, 6.45) is 0. The maximum absolute atomic E-state index is 13.7. The van der Waals surface area contributed by atoms with Crippen molar-refractivity contribution < 1.29 is 9.53 Å². The summed E-state index contributed by atoms with van der Waals surface area (Å²) in [5.41, 5.74) is 9.70. The summed E-state index contributed by atoms with van der Waals surface area (Å²) in [7, 11) is 0. The Kier molecular flexibility index (Phi) is 6.07. The van der Waals surface area contributed by atoms with E-state index in [4.69, 9.17) is 22.1 Å². The number of rotatable bonds is 4. The minimum Gasteiger partial charge on any atom is -0.383 e. The molecule has 1 saturated heterocycles. The summed E-state index contributed by atoms with van der Waals surface area (Å²) in [5.74, 6) is -0.0633. The number of hydrogen-bond acceptors (Lipinski definition) is 7. The van der Waals surface area contributed by atoms with E-state index in [1.165, 1.54) is 11.3 Å². The van der Waals surface area contributed by atoms with E-state index in [1.807, 2.05) is 42.5 Å². The lowest BCUT2D eigenvalue weighted by atomic mass is 10.00. The number of ether oxygens (including phenoxy) is 1. The Balaban J connectivity index is 1.77. The molecule has 5 rings (SSSR count). The molecule has 0 saturated carbocycles. The number of hydrogen-bond donors (Lipinski definition) is 2. The molecular formula is C25H20ClN5O2S. The lowest BCUT2D eigenvalue weighted by molar-refractivity contribution is 0.0305. The highest BCUT2D eigenvalue weighted by Gasteiger charge is 2.29. The number of nitrogen functional groups attached to an aromatic ring is 1. The number of thiophene rings is 1. The second kappa shape index (κ2) is 9.31. The van der Waals surface area contributed by atoms with Crippen LogP contribution in [-0.4, -0.2) is 42.1 Å². The van der Waals surface area contributed by atoms with Crippen LogP contribution in [0, 0.1) is 11.3 Å². The zero-order valence-electron chi connectivity index (χ0n) is 18.0. The number of fused-ring (bicyclic) bond motifs is 1. The number of benzene rings is 2. The number of aromatic nitrogens is 1. The normalized spacial score (nSPS) is 13.6. The second-order valence-corrected chi connectivity index (χ2v) is 9.20. The Morgan fingerprint density at radius 1 is 1.15 bits per heavy atom. The van der Waals surface area contributed by atoms with Crippen LogP contribution >= 0.6 is 22.9 Å². The zero-order valence-corrected chi connectivity index (χ0v) is 19.6. The van der Waals surface area contributed by atoms with Crippen LogP contribution in [0.4, 0.5) is 16.5 Å². The highest BCUT2D eigenvalue weighted by atomic mass is 35.5. The number of para-hydroxylation sites is 1. The first-order chi connectivity index (χ1) is 16.6. The Labute approximate surface area is 205 Å². The predicted molar refractivity (Wildman–Crippen MR) is 136 cm³/mol. The van der Waals surface area contributed by atoms with Crippen molar-refractivity contribution in [2.75, 3.05) is 37.4 Å². The van der Waals surface area contributed by atoms with Crippen LogP contribution < -0.4 is 11.1 Å². The molecular weight excluding hydrogens is 470 g/mol. The zero-order chi connectivity index (χ0) is 23.7. The lowest BCUT2D eigenvalue weighted by Gasteiger charge is -2.27. The van der Waals surface area contributed by atoms with Crippen LogP contribution in [0.5, 0.6) is 0 Å². The second-order valence-electron chi connectivity index (χ2n) is 7.75. The summed E-state index contributed by atoms with van der Waals surface area (Å²) in [5, 5.41) is 14.5. The quantitative estimate of drug-likeness (QED) is 0.403. The van der Waals surface area contributed by atoms with Gasteiger partial charge in [-0.2, -0.15) is 5.26 Å². The van der Waals surface area contributed by atoms with E-state index < -0.39 is 0 Å². The van der Waals surface area contributed by atoms with E-state index in [2.05, 4.69) is 16.4 Å². The molecule has 34 heavy (non-hydrogen) atoms. The van der Waals surface area contributed by atoms with Crippen LogP contribution in [0.2, 0.25) is 5.02 Å². The van der Waals surface area contributed by atoms with Crippen LogP contribution in [0.25, 0.3) is 21.3 Å². The van der Waals surface area contributed by atoms with Crippen molar-refractivity contribution in [2.45, 2.75) is 0 Å². The van der Waals surface area contributed by atoms with Gasteiger partial charge in [0.25, 0.3) is 5.91 Å². The Bertz CT molecular complexity index is 1410. The minimum absolute atomic E-state index is 0.0834. The molecule has 170 valence electrons. The van der Waals surface area contributed by atoms with E-state index in [1.54, 1.807) is 17.0 Å². The number of nitriles is 1. The number of halogens is 1. The fourth-order valence-corrected chi connectivity index (χ4v) is 5.34. The number of nitrogens with two attached hydrogens (primary N) is 1. The SMILES string of the molecule is N#Cc1c(N)nc2c(C(=O)N3CCOCC3)c(Nc3ccccc3)sc2c1-c1ccc(Cl)cc1. The van der Waals surface area contributed by atoms with Gasteiger partial charge >= 0.3 is 0 Å². The predicted octanol–water partition coefficient (Wildman–Crippen LogP) is 5.29. The summed E-state index contributed by atoms with van der Waals surface area (Å²) < 4.78 is 6.14. The van der Waals surface area contributed by atoms with Gasteiger partial charge in [0, 0.05) is 29.4 Å². The average molecular weight is 490 g/mol. The number of amides is 1. The van der Waals surface area contributed by atoms with Crippen LogP contribution in [-0.2, 0) is 4.74 Å². The molecule has 0 atom stereocenters. The van der Waals surface area contributed by atoms with Crippen LogP contribution in [0.15, 0.2) is 54.6 Å². The number of nitrogens with zero attached hydrogens (tertiary/aromatic N) is 3. The van der Waals surface area contributed by atoms with Gasteiger partial charge in [0.2, 0.25) is 0 Å². The number of morpholine rings is 1. The molecule has 1 fully saturated rings. The van der Waals surface area contributed by atoms with Gasteiger partial charge in [-0.05, 0) is 29.8 Å². The van der Waals surface area contributed by atoms with Crippen molar-refractivity contribution >= 4 is 55.6 Å². The van der Waals surface area contributed by atoms with Crippen LogP contribution in [0.3, 0.4) is 0 Å². The molecule has 9 heteroatoms. The monoisotopic (exact) mass is 489 g/mol. The molecule has 1 aliphatic heterocycles. The van der Waals surface area contributed by atoms with Gasteiger partial charge in [0.15, 0.2) is 0 Å². The molecule has 0 spiro atoms. The number of anilines is 3. The molecule has 1 amide bonds. The van der Waals surface area contributed by atoms with Crippen molar-refractivity contribution in [1.82, 2.24) is 9.88 Å². The number of pyridine rings is 1. The van der Waals surface area contributed by atoms with E-state index in [9.17, 15) is 10.1 Å². The van der Waals surface area contributed by atoms with Gasteiger partial charge in [-0.25, -0.2) is 4.98 Å². The minimum atomic E-state index is -0.147. The summed E-state index contributed by atoms with van der Waals surface area (Å²) >= 11 is 7.48. The largest absolute Gasteiger partial charge is 0.383 e. The van der Waals surface area contributed by atoms with Crippen molar-refractivity contribution in [1.29, 1.82) is 5.26 Å². The molecule has 2 aromatic heterocycles. The van der Waals surface area contributed by atoms with Gasteiger partial charge < -0.3 is 20.7 Å². The summed E-state index contributed by atoms with van der Waals surface area (Å²) in [6, 6.07) is 19.0. The fourth-order valence-electron chi connectivity index (χ4n) is 3.99. The highest BCUT2D eigenvalue weighted by Crippen LogP contribution is 2.44. The fraction of sp³-hybridized carbons (Fsp3) is 0.160. The van der Waals surface area contributed by atoms with Crippen molar-refractivity contribution in [3.63, 3.8) is 0 Å². The number of carbonyl (C=O) groups excluding carboxylic acids is 1. The van der Waals surface area contributed by atoms with E-state index >= 15 is 0 Å². The summed E-state index contributed by atoms with van der Waals surface area (Å²) in [6.45, 7) is 1.96. The Morgan fingerprint density at radius 2 is 1.85 bits per heavy atom. The van der Waals surface area contributed by atoms with Gasteiger partial charge in [-0.3, -0.25) is 4.79 Å². The van der Waals surface area contributed by atoms with Gasteiger partial charge in [0.1, 0.15) is 28.0 Å². The first-order valence-electron chi connectivity index (χ1n) is 10.7. The van der Waals surface area contributed by atoms with Gasteiger partial charge in [-0.15, -0.1) is 11.3 Å². The molecule has 4 aromatic rings. The van der Waals surface area contributed by atoms with Crippen molar-refractivity contribution in [3.8, 4) is 17.2 Å². The van der Waals surface area contributed by atoms with Gasteiger partial charge in [0.05, 0.1) is 23.4 Å². The third kappa shape index (κ3) is 4.05. The third-order valence-corrected chi connectivity index (χ3v) is 7.00. The molecule has 0 radical (unpaired) electrons. The molecule has 0 bridgehead atoms. The Hall–Kier alpha value is -3.64. The highest BCUT2D eigenvalue weighted by molar-refractivity contribution is 7.24. The first-order valence-corrected chi connectivity index (χ1v) is 11.9. The smallest absolute Gasteiger partial charge is 0.259 e. The number of carbonyl (C=O) groups is 1. The molecule has 2 aromatic carbocycles. The Morgan fingerprint density at radius 3 is 2.53 bits per heavy atom. The molecule has 0 aliphatic carbocycles. The van der Waals surface area contributed by atoms with Crippen molar-refractivity contribution in [3.05, 3.63) is 70.7 Å². The molecule has 3 heterocycles. The standard InChI is InChI=1S/C25H20ClN5O2S/c26-16-8-6-15(7-9-16)19-18(14-27)23(28)30-21-20(25(32)31-10-12-33-13-11-31)24(34-22(19)21)29-17-4-2-1-3-5-17/h1-9,29H,10-13H2,(H2,28,30). The molecule has 7 nitrogen and oxygen atoms in total. The molecule has 1 aliphatic rings. The molecule has 3 N–H and O–H groups in total. The maximum atomic E-state index is 13.7. The number of nitrogens with one attached hydrogen (secondary N) is 1.